The molecule has 0 N–H and O–H groups in total. The molecule has 1 aromatic heterocycles. The average molecular weight is 527 g/mol. The van der Waals surface area contributed by atoms with Crippen molar-refractivity contribution in [3.8, 4) is 0 Å². The summed E-state index contributed by atoms with van der Waals surface area (Å²) >= 11 is 7.52. The third kappa shape index (κ3) is 7.13. The number of carbonyl (C=O) groups is 3. The molecule has 2 fully saturated rings. The van der Waals surface area contributed by atoms with Gasteiger partial charge in [0, 0.05) is 63.3 Å². The highest BCUT2D eigenvalue weighted by atomic mass is 35.5. The first-order valence-corrected chi connectivity index (χ1v) is 13.3. The van der Waals surface area contributed by atoms with Crippen molar-refractivity contribution in [2.24, 2.45) is 5.41 Å². The summed E-state index contributed by atoms with van der Waals surface area (Å²) < 4.78 is 5.02. The number of nitrogens with zero attached hydrogens (tertiary/aromatic N) is 6. The molecule has 3 amide bonds. The fourth-order valence-electron chi connectivity index (χ4n) is 4.08. The Bertz CT molecular complexity index is 935. The number of carbonyl (C=O) groups excluding carboxylic acids is 3. The average Bonchev–Trinajstić information content (AvgIpc) is 2.81. The number of hydrogen-bond donors (Lipinski definition) is 0. The maximum Gasteiger partial charge on any atom is 0.409 e. The van der Waals surface area contributed by atoms with Crippen LogP contribution < -0.4 is 4.90 Å². The summed E-state index contributed by atoms with van der Waals surface area (Å²) in [5.41, 5.74) is -0.420. The molecule has 1 unspecified atom stereocenters. The van der Waals surface area contributed by atoms with E-state index in [0.29, 0.717) is 68.5 Å². The van der Waals surface area contributed by atoms with Gasteiger partial charge in [-0.2, -0.15) is 0 Å². The van der Waals surface area contributed by atoms with Crippen LogP contribution in [0.5, 0.6) is 0 Å². The Kier molecular flexibility index (Phi) is 9.09. The zero-order chi connectivity index (χ0) is 25.8. The molecule has 2 aliphatic heterocycles. The van der Waals surface area contributed by atoms with Crippen LogP contribution in [-0.2, 0) is 14.3 Å². The lowest BCUT2D eigenvalue weighted by Gasteiger charge is -2.42. The Balaban J connectivity index is 1.55. The van der Waals surface area contributed by atoms with Crippen molar-refractivity contribution in [2.75, 3.05) is 63.1 Å². The number of thioether (sulfide) groups is 1. The lowest BCUT2D eigenvalue weighted by molar-refractivity contribution is -0.142. The summed E-state index contributed by atoms with van der Waals surface area (Å²) in [5, 5.41) is 0.751. The molecule has 3 rings (SSSR count). The van der Waals surface area contributed by atoms with E-state index in [1.165, 1.54) is 11.8 Å². The predicted octanol–water partition coefficient (Wildman–Crippen LogP) is 2.61. The van der Waals surface area contributed by atoms with E-state index in [-0.39, 0.29) is 29.7 Å². The molecule has 0 bridgehead atoms. The largest absolute Gasteiger partial charge is 0.450 e. The van der Waals surface area contributed by atoms with Crippen molar-refractivity contribution < 1.29 is 19.1 Å². The Morgan fingerprint density at radius 1 is 1.09 bits per heavy atom. The molecule has 1 atom stereocenters. The normalized spacial score (nSPS) is 19.1. The van der Waals surface area contributed by atoms with Gasteiger partial charge in [0.25, 0.3) is 0 Å². The number of piperazine rings is 2. The minimum absolute atomic E-state index is 0.0356. The molecular weight excluding hydrogens is 492 g/mol. The Morgan fingerprint density at radius 2 is 1.74 bits per heavy atom. The number of hydrogen-bond acceptors (Lipinski definition) is 8. The van der Waals surface area contributed by atoms with Gasteiger partial charge in [0.1, 0.15) is 11.0 Å². The molecule has 0 spiro atoms. The molecule has 0 aliphatic carbocycles. The van der Waals surface area contributed by atoms with E-state index in [1.54, 1.807) is 22.8 Å². The summed E-state index contributed by atoms with van der Waals surface area (Å²) in [4.78, 5) is 53.6. The molecule has 3 heterocycles. The Labute approximate surface area is 216 Å². The lowest BCUT2D eigenvalue weighted by Crippen LogP contribution is -2.56. The second kappa shape index (κ2) is 11.6. The molecule has 2 aliphatic rings. The van der Waals surface area contributed by atoms with Crippen molar-refractivity contribution in [1.82, 2.24) is 24.7 Å². The third-order valence-electron chi connectivity index (χ3n) is 6.00. The monoisotopic (exact) mass is 526 g/mol. The van der Waals surface area contributed by atoms with E-state index < -0.39 is 5.41 Å². The number of aromatic nitrogens is 2. The van der Waals surface area contributed by atoms with Gasteiger partial charge in [-0.15, -0.1) is 0 Å². The van der Waals surface area contributed by atoms with Gasteiger partial charge in [-0.3, -0.25) is 9.59 Å². The zero-order valence-electron chi connectivity index (χ0n) is 21.1. The van der Waals surface area contributed by atoms with Gasteiger partial charge in [0.2, 0.25) is 11.8 Å². The van der Waals surface area contributed by atoms with Gasteiger partial charge in [-0.05, 0) is 13.8 Å². The van der Waals surface area contributed by atoms with Gasteiger partial charge in [0.15, 0.2) is 5.16 Å². The quantitative estimate of drug-likeness (QED) is 0.328. The van der Waals surface area contributed by atoms with Crippen LogP contribution in [0.2, 0.25) is 5.15 Å². The van der Waals surface area contributed by atoms with E-state index in [1.807, 2.05) is 32.6 Å². The highest BCUT2D eigenvalue weighted by Gasteiger charge is 2.34. The van der Waals surface area contributed by atoms with E-state index in [9.17, 15) is 14.4 Å². The molecule has 35 heavy (non-hydrogen) atoms. The van der Waals surface area contributed by atoms with Gasteiger partial charge < -0.3 is 24.3 Å². The highest BCUT2D eigenvalue weighted by molar-refractivity contribution is 7.99. The minimum Gasteiger partial charge on any atom is -0.450 e. The molecule has 2 saturated heterocycles. The van der Waals surface area contributed by atoms with Crippen molar-refractivity contribution in [1.29, 1.82) is 0 Å². The van der Waals surface area contributed by atoms with Crippen LogP contribution >= 0.6 is 23.4 Å². The third-order valence-corrected chi connectivity index (χ3v) is 7.02. The SMILES string of the molecule is CCOC(=O)N1CCN(C(=O)CSc2nc(Cl)cc(N3CCN(C(=O)C(C)(C)C)C(C)C3)n2)CC1. The highest BCUT2D eigenvalue weighted by Crippen LogP contribution is 2.26. The summed E-state index contributed by atoms with van der Waals surface area (Å²) in [6.45, 7) is 13.7. The molecule has 12 heteroatoms. The van der Waals surface area contributed by atoms with Crippen molar-refractivity contribution in [2.45, 2.75) is 45.8 Å². The maximum absolute atomic E-state index is 12.7. The van der Waals surface area contributed by atoms with Crippen molar-refractivity contribution in [3.05, 3.63) is 11.2 Å². The minimum atomic E-state index is -0.420. The maximum atomic E-state index is 12.7. The number of rotatable bonds is 5. The van der Waals surface area contributed by atoms with Crippen LogP contribution in [0.1, 0.15) is 34.6 Å². The number of halogens is 1. The number of anilines is 1. The fraction of sp³-hybridized carbons (Fsp3) is 0.696. The first-order chi connectivity index (χ1) is 16.5. The molecule has 1 aromatic rings. The molecule has 0 radical (unpaired) electrons. The summed E-state index contributed by atoms with van der Waals surface area (Å²) in [5.74, 6) is 0.983. The van der Waals surface area contributed by atoms with Crippen molar-refractivity contribution in [3.63, 3.8) is 0 Å². The van der Waals surface area contributed by atoms with Crippen LogP contribution in [0.15, 0.2) is 11.2 Å². The van der Waals surface area contributed by atoms with Crippen LogP contribution in [0, 0.1) is 5.41 Å². The standard InChI is InChI=1S/C23H35ClN6O4S/c1-6-34-22(33)28-9-7-27(8-10-28)19(31)15-35-21-25-17(24)13-18(26-21)29-11-12-30(16(2)14-29)20(32)23(3,4)5/h13,16H,6-12,14-15H2,1-5H3. The van der Waals surface area contributed by atoms with Gasteiger partial charge in [-0.1, -0.05) is 44.1 Å². The van der Waals surface area contributed by atoms with Crippen LogP contribution in [-0.4, -0.2) is 107 Å². The van der Waals surface area contributed by atoms with Crippen LogP contribution in [0.4, 0.5) is 10.6 Å². The second-order valence-corrected chi connectivity index (χ2v) is 11.1. The smallest absolute Gasteiger partial charge is 0.409 e. The second-order valence-electron chi connectivity index (χ2n) is 9.73. The topological polar surface area (TPSA) is 99.2 Å². The first-order valence-electron chi connectivity index (χ1n) is 11.9. The van der Waals surface area contributed by atoms with Gasteiger partial charge >= 0.3 is 6.09 Å². The number of ether oxygens (including phenoxy) is 1. The zero-order valence-corrected chi connectivity index (χ0v) is 22.7. The fourth-order valence-corrected chi connectivity index (χ4v) is 5.06. The first kappa shape index (κ1) is 27.3. The molecule has 0 aromatic carbocycles. The lowest BCUT2D eigenvalue weighted by atomic mass is 9.93. The van der Waals surface area contributed by atoms with E-state index >= 15 is 0 Å². The molecule has 194 valence electrons. The van der Waals surface area contributed by atoms with Crippen LogP contribution in [0.25, 0.3) is 0 Å². The van der Waals surface area contributed by atoms with Crippen molar-refractivity contribution >= 4 is 47.1 Å². The molecular formula is C23H35ClN6O4S. The summed E-state index contributed by atoms with van der Waals surface area (Å²) in [6.07, 6.45) is -0.341. The molecule has 0 saturated carbocycles. The summed E-state index contributed by atoms with van der Waals surface area (Å²) in [7, 11) is 0. The number of amides is 3. The Hall–Kier alpha value is -2.27. The van der Waals surface area contributed by atoms with Gasteiger partial charge in [0.05, 0.1) is 12.4 Å². The predicted molar refractivity (Wildman–Crippen MR) is 136 cm³/mol. The Morgan fingerprint density at radius 3 is 2.34 bits per heavy atom. The van der Waals surface area contributed by atoms with E-state index in [0.717, 1.165) is 0 Å². The molecule has 10 nitrogen and oxygen atoms in total. The van der Waals surface area contributed by atoms with E-state index in [2.05, 4.69) is 14.9 Å². The van der Waals surface area contributed by atoms with Crippen LogP contribution in [0.3, 0.4) is 0 Å². The van der Waals surface area contributed by atoms with Gasteiger partial charge in [-0.25, -0.2) is 14.8 Å². The van der Waals surface area contributed by atoms with E-state index in [4.69, 9.17) is 16.3 Å². The summed E-state index contributed by atoms with van der Waals surface area (Å²) in [6, 6.07) is 1.76.